The predicted molar refractivity (Wildman–Crippen MR) is 85.4 cm³/mol. The highest BCUT2D eigenvalue weighted by Gasteiger charge is 2.28. The molecule has 2 heterocycles. The van der Waals surface area contributed by atoms with Gasteiger partial charge in [0.2, 0.25) is 0 Å². The Labute approximate surface area is 160 Å². The molecule has 2 aromatic heterocycles. The smallest absolute Gasteiger partial charge is 0.430 e. The standard InChI is InChI=1S/C13H14N4O3S.C2HF3O2/c1-9(13(19)20)6-11(18)3-5-17-4-2-10(7-15-17)12-14-8-21-16-12;3-2(4,5)1(6)7/h2,4,7-9H,3,5-6H2,1H3;(H,6,7). The Bertz CT molecular complexity index is 797. The third kappa shape index (κ3) is 8.16. The first-order chi connectivity index (χ1) is 13.0. The second-order valence-corrected chi connectivity index (χ2v) is 6.06. The van der Waals surface area contributed by atoms with Crippen LogP contribution < -0.4 is 9.79 Å². The molecule has 1 unspecified atom stereocenters. The number of carbonyl (C=O) groups is 3. The molecule has 1 atom stereocenters. The number of rotatable bonds is 7. The maximum absolute atomic E-state index is 11.7. The first-order valence-electron chi connectivity index (χ1n) is 7.66. The van der Waals surface area contributed by atoms with Crippen LogP contribution in [-0.4, -0.2) is 43.5 Å². The van der Waals surface area contributed by atoms with Crippen molar-refractivity contribution in [2.75, 3.05) is 0 Å². The van der Waals surface area contributed by atoms with E-state index in [1.807, 2.05) is 6.07 Å². The summed E-state index contributed by atoms with van der Waals surface area (Å²) in [6, 6.07) is 1.83. The van der Waals surface area contributed by atoms with Crippen LogP contribution in [0.25, 0.3) is 11.4 Å². The van der Waals surface area contributed by atoms with Crippen LogP contribution in [0.1, 0.15) is 19.8 Å². The van der Waals surface area contributed by atoms with E-state index >= 15 is 0 Å². The number of halogens is 3. The van der Waals surface area contributed by atoms with E-state index in [9.17, 15) is 22.8 Å². The number of hydrogen-bond donors (Lipinski definition) is 1. The molecule has 2 aromatic rings. The topological polar surface area (TPSA) is 137 Å². The lowest BCUT2D eigenvalue weighted by atomic mass is 10.0. The van der Waals surface area contributed by atoms with Gasteiger partial charge in [-0.25, -0.2) is 4.98 Å². The van der Waals surface area contributed by atoms with Crippen LogP contribution in [0.4, 0.5) is 13.2 Å². The Hall–Kier alpha value is -2.96. The molecule has 0 amide bonds. The first kappa shape index (κ1) is 23.1. The Kier molecular flexibility index (Phi) is 8.57. The van der Waals surface area contributed by atoms with Crippen LogP contribution in [0.5, 0.6) is 0 Å². The summed E-state index contributed by atoms with van der Waals surface area (Å²) in [5.41, 5.74) is 2.47. The van der Waals surface area contributed by atoms with Crippen LogP contribution in [0.3, 0.4) is 0 Å². The number of alkyl halides is 3. The maximum atomic E-state index is 11.7. The zero-order chi connectivity index (χ0) is 21.3. The lowest BCUT2D eigenvalue weighted by Gasteiger charge is -2.03. The summed E-state index contributed by atoms with van der Waals surface area (Å²) in [6.07, 6.45) is -1.48. The Morgan fingerprint density at radius 1 is 1.36 bits per heavy atom. The lowest BCUT2D eigenvalue weighted by molar-refractivity contribution is -0.752. The molecule has 0 aliphatic carbocycles. The van der Waals surface area contributed by atoms with Crippen molar-refractivity contribution in [3.8, 4) is 11.4 Å². The molecule has 1 N–H and O–H groups in total. The molecule has 0 radical (unpaired) electrons. The van der Waals surface area contributed by atoms with Crippen molar-refractivity contribution < 1.29 is 42.4 Å². The van der Waals surface area contributed by atoms with E-state index in [1.54, 1.807) is 22.6 Å². The third-order valence-corrected chi connectivity index (χ3v) is 3.68. The van der Waals surface area contributed by atoms with Gasteiger partial charge in [-0.05, 0) is 16.6 Å². The van der Waals surface area contributed by atoms with Gasteiger partial charge < -0.3 is 15.0 Å². The van der Waals surface area contributed by atoms with Crippen LogP contribution in [-0.2, 0) is 20.9 Å². The molecule has 0 saturated heterocycles. The number of Topliss-reactive ketones (excluding diaryl/α,β-unsaturated/α-hetero) is 1. The average molecular weight is 420 g/mol. The first-order valence-corrected chi connectivity index (χ1v) is 8.49. The van der Waals surface area contributed by atoms with Gasteiger partial charge >= 0.3 is 12.1 Å². The summed E-state index contributed by atoms with van der Waals surface area (Å²) in [7, 11) is 0. The lowest BCUT2D eigenvalue weighted by Crippen LogP contribution is -2.38. The van der Waals surface area contributed by atoms with E-state index in [4.69, 9.17) is 15.0 Å². The van der Waals surface area contributed by atoms with Gasteiger partial charge in [-0.3, -0.25) is 9.59 Å². The number of hydrogen-bond acceptors (Lipinski definition) is 8. The van der Waals surface area contributed by atoms with E-state index in [0.29, 0.717) is 12.4 Å². The number of carboxylic acid groups (broad SMARTS) is 2. The van der Waals surface area contributed by atoms with E-state index in [-0.39, 0.29) is 18.6 Å². The van der Waals surface area contributed by atoms with Crippen molar-refractivity contribution in [2.45, 2.75) is 32.5 Å². The number of aromatic nitrogens is 4. The van der Waals surface area contributed by atoms with Crippen LogP contribution in [0.2, 0.25) is 0 Å². The van der Waals surface area contributed by atoms with Crippen molar-refractivity contribution >= 4 is 29.3 Å². The molecule has 152 valence electrons. The monoisotopic (exact) mass is 420 g/mol. The zero-order valence-corrected chi connectivity index (χ0v) is 15.2. The largest absolute Gasteiger partial charge is 0.542 e. The Balaban J connectivity index is 0.000000480. The van der Waals surface area contributed by atoms with Gasteiger partial charge in [-0.1, -0.05) is 11.6 Å². The van der Waals surface area contributed by atoms with Gasteiger partial charge in [0.05, 0.1) is 17.9 Å². The van der Waals surface area contributed by atoms with Crippen LogP contribution in [0.15, 0.2) is 24.0 Å². The molecule has 0 aromatic carbocycles. The Morgan fingerprint density at radius 3 is 2.43 bits per heavy atom. The molecule has 0 fully saturated rings. The van der Waals surface area contributed by atoms with Crippen molar-refractivity contribution in [1.29, 1.82) is 0 Å². The molecule has 0 aliphatic heterocycles. The van der Waals surface area contributed by atoms with Crippen molar-refractivity contribution in [3.63, 3.8) is 0 Å². The second-order valence-electron chi connectivity index (χ2n) is 5.45. The molecular formula is C15H15F3N4O5S. The van der Waals surface area contributed by atoms with E-state index in [0.717, 1.165) is 5.56 Å². The molecule has 13 heteroatoms. The summed E-state index contributed by atoms with van der Waals surface area (Å²) < 4.78 is 37.3. The minimum Gasteiger partial charge on any atom is -0.542 e. The quantitative estimate of drug-likeness (QED) is 0.630. The molecule has 0 saturated carbocycles. The molecule has 0 bridgehead atoms. The molecule has 9 nitrogen and oxygen atoms in total. The minimum absolute atomic E-state index is 0.0523. The van der Waals surface area contributed by atoms with Gasteiger partial charge in [0, 0.05) is 12.5 Å². The number of carboxylic acids is 2. The summed E-state index contributed by atoms with van der Waals surface area (Å²) in [5, 5.41) is 21.7. The van der Waals surface area contributed by atoms with Gasteiger partial charge in [0.1, 0.15) is 23.5 Å². The Morgan fingerprint density at radius 2 is 2.00 bits per heavy atom. The highest BCUT2D eigenvalue weighted by atomic mass is 32.1. The fourth-order valence-electron chi connectivity index (χ4n) is 1.72. The highest BCUT2D eigenvalue weighted by molar-refractivity contribution is 7.03. The number of nitrogens with zero attached hydrogens (tertiary/aromatic N) is 4. The van der Waals surface area contributed by atoms with Crippen LogP contribution >= 0.6 is 11.5 Å². The van der Waals surface area contributed by atoms with Crippen molar-refractivity contribution in [2.24, 2.45) is 5.92 Å². The third-order valence-electron chi connectivity index (χ3n) is 3.20. The summed E-state index contributed by atoms with van der Waals surface area (Å²) >= 11 is 1.27. The fourth-order valence-corrected chi connectivity index (χ4v) is 2.16. The summed E-state index contributed by atoms with van der Waals surface area (Å²) in [6.45, 7) is 1.96. The molecule has 2 rings (SSSR count). The number of ketones is 1. The number of carbonyl (C=O) groups excluding carboxylic acids is 2. The second kappa shape index (κ2) is 10.4. The number of aliphatic carboxylic acids is 2. The molecule has 0 spiro atoms. The number of aryl methyl sites for hydroxylation is 1. The molecule has 0 aliphatic rings. The van der Waals surface area contributed by atoms with E-state index in [2.05, 4.69) is 14.5 Å². The maximum Gasteiger partial charge on any atom is 0.430 e. The van der Waals surface area contributed by atoms with Gasteiger partial charge in [0.25, 0.3) is 0 Å². The predicted octanol–water partition coefficient (Wildman–Crippen LogP) is 0.256. The summed E-state index contributed by atoms with van der Waals surface area (Å²) in [5.74, 6) is -4.05. The zero-order valence-electron chi connectivity index (χ0n) is 14.4. The minimum atomic E-state index is -5.19. The van der Waals surface area contributed by atoms with Gasteiger partial charge in [-0.2, -0.15) is 17.5 Å². The van der Waals surface area contributed by atoms with Gasteiger partial charge in [-0.15, -0.1) is 0 Å². The average Bonchev–Trinajstić information content (AvgIpc) is 3.14. The van der Waals surface area contributed by atoms with Gasteiger partial charge in [0.15, 0.2) is 18.6 Å². The normalized spacial score (nSPS) is 11.9. The van der Waals surface area contributed by atoms with E-state index in [1.165, 1.54) is 18.5 Å². The van der Waals surface area contributed by atoms with Crippen molar-refractivity contribution in [1.82, 2.24) is 14.5 Å². The SMILES string of the molecule is CC(CC(=O)CC[n+]1ccc(-c2ncsn2)cn1)C(=O)O.O=C([O-])C(F)(F)F. The molecular weight excluding hydrogens is 405 g/mol. The fraction of sp³-hybridized carbons (Fsp3) is 0.400. The summed E-state index contributed by atoms with van der Waals surface area (Å²) in [4.78, 5) is 35.2. The van der Waals surface area contributed by atoms with Crippen LogP contribution in [0, 0.1) is 5.92 Å². The van der Waals surface area contributed by atoms with E-state index < -0.39 is 24.0 Å². The van der Waals surface area contributed by atoms with Crippen molar-refractivity contribution in [3.05, 3.63) is 24.0 Å². The highest BCUT2D eigenvalue weighted by Crippen LogP contribution is 2.12. The molecule has 28 heavy (non-hydrogen) atoms.